The van der Waals surface area contributed by atoms with E-state index < -0.39 is 21.7 Å². The first kappa shape index (κ1) is 18.0. The standard InChI is InChI=1S/C10H15F2N3O2S.ClH/c1-2-5-18(16,17)15-9-4-3-8(11)7(6-14-13)10(9)12;/h3-4,14-15H,2,5-6,13H2,1H3;1H. The number of nitrogens with two attached hydrogens (primary N) is 1. The van der Waals surface area contributed by atoms with Gasteiger partial charge in [-0.2, -0.15) is 0 Å². The van der Waals surface area contributed by atoms with Gasteiger partial charge in [0.15, 0.2) is 5.82 Å². The minimum atomic E-state index is -3.62. The molecule has 0 spiro atoms. The van der Waals surface area contributed by atoms with E-state index in [1.165, 1.54) is 0 Å². The molecule has 0 atom stereocenters. The van der Waals surface area contributed by atoms with Crippen LogP contribution in [0.15, 0.2) is 12.1 Å². The average Bonchev–Trinajstić information content (AvgIpc) is 2.28. The Balaban J connectivity index is 0.00000324. The topological polar surface area (TPSA) is 84.2 Å². The first-order chi connectivity index (χ1) is 8.41. The molecule has 0 unspecified atom stereocenters. The van der Waals surface area contributed by atoms with Gasteiger partial charge in [-0.05, 0) is 18.6 Å². The van der Waals surface area contributed by atoms with Crippen LogP contribution in [-0.4, -0.2) is 14.2 Å². The van der Waals surface area contributed by atoms with Crippen molar-refractivity contribution in [2.45, 2.75) is 19.9 Å². The predicted molar refractivity (Wildman–Crippen MR) is 72.3 cm³/mol. The van der Waals surface area contributed by atoms with Gasteiger partial charge in [-0.25, -0.2) is 17.2 Å². The van der Waals surface area contributed by atoms with Gasteiger partial charge in [0, 0.05) is 12.1 Å². The third-order valence-corrected chi connectivity index (χ3v) is 3.68. The zero-order valence-electron chi connectivity index (χ0n) is 10.2. The van der Waals surface area contributed by atoms with Gasteiger partial charge >= 0.3 is 0 Å². The van der Waals surface area contributed by atoms with Gasteiger partial charge in [0.2, 0.25) is 10.0 Å². The predicted octanol–water partition coefficient (Wildman–Crippen LogP) is 1.50. The van der Waals surface area contributed by atoms with Gasteiger partial charge in [-0.1, -0.05) is 6.92 Å². The Hall–Kier alpha value is -0.960. The molecule has 4 N–H and O–H groups in total. The largest absolute Gasteiger partial charge is 0.281 e. The highest BCUT2D eigenvalue weighted by Gasteiger charge is 2.17. The smallest absolute Gasteiger partial charge is 0.232 e. The molecular formula is C10H16ClF2N3O2S. The Morgan fingerprint density at radius 1 is 1.32 bits per heavy atom. The van der Waals surface area contributed by atoms with Gasteiger partial charge in [0.25, 0.3) is 0 Å². The number of hydrogen-bond acceptors (Lipinski definition) is 4. The second-order valence-corrected chi connectivity index (χ2v) is 5.53. The maximum absolute atomic E-state index is 13.8. The Bertz CT molecular complexity index is 526. The van der Waals surface area contributed by atoms with Crippen molar-refractivity contribution < 1.29 is 17.2 Å². The summed E-state index contributed by atoms with van der Waals surface area (Å²) in [5, 5.41) is 0. The molecule has 1 rings (SSSR count). The van der Waals surface area contributed by atoms with Gasteiger partial charge in [-0.3, -0.25) is 16.0 Å². The van der Waals surface area contributed by atoms with E-state index in [-0.39, 0.29) is 36.0 Å². The minimum absolute atomic E-state index is 0. The van der Waals surface area contributed by atoms with Crippen LogP contribution in [0.2, 0.25) is 0 Å². The van der Waals surface area contributed by atoms with Crippen molar-refractivity contribution in [1.82, 2.24) is 5.43 Å². The first-order valence-corrected chi connectivity index (χ1v) is 6.97. The van der Waals surface area contributed by atoms with E-state index in [1.54, 1.807) is 6.92 Å². The van der Waals surface area contributed by atoms with Crippen molar-refractivity contribution in [3.63, 3.8) is 0 Å². The Morgan fingerprint density at radius 3 is 2.47 bits per heavy atom. The lowest BCUT2D eigenvalue weighted by Crippen LogP contribution is -2.23. The summed E-state index contributed by atoms with van der Waals surface area (Å²) in [6.45, 7) is 1.45. The number of hydrazine groups is 1. The number of hydrogen-bond donors (Lipinski definition) is 3. The van der Waals surface area contributed by atoms with Crippen LogP contribution in [0.3, 0.4) is 0 Å². The number of nitrogens with one attached hydrogen (secondary N) is 2. The van der Waals surface area contributed by atoms with Crippen molar-refractivity contribution >= 4 is 28.1 Å². The fraction of sp³-hybridized carbons (Fsp3) is 0.400. The molecule has 19 heavy (non-hydrogen) atoms. The molecule has 0 aliphatic heterocycles. The van der Waals surface area contributed by atoms with Crippen LogP contribution in [0.25, 0.3) is 0 Å². The fourth-order valence-corrected chi connectivity index (χ4v) is 2.56. The first-order valence-electron chi connectivity index (χ1n) is 5.32. The Kier molecular flexibility index (Phi) is 7.20. The second kappa shape index (κ2) is 7.59. The van der Waals surface area contributed by atoms with Gasteiger partial charge in [0.1, 0.15) is 5.82 Å². The van der Waals surface area contributed by atoms with Crippen molar-refractivity contribution in [2.24, 2.45) is 5.84 Å². The summed E-state index contributed by atoms with van der Waals surface area (Å²) in [6.07, 6.45) is 0.398. The lowest BCUT2D eigenvalue weighted by Gasteiger charge is -2.11. The highest BCUT2D eigenvalue weighted by molar-refractivity contribution is 7.92. The number of anilines is 1. The second-order valence-electron chi connectivity index (χ2n) is 3.69. The fourth-order valence-electron chi connectivity index (χ4n) is 1.43. The van der Waals surface area contributed by atoms with Crippen molar-refractivity contribution in [3.8, 4) is 0 Å². The molecule has 0 heterocycles. The molecule has 9 heteroatoms. The van der Waals surface area contributed by atoms with Crippen LogP contribution < -0.4 is 16.0 Å². The van der Waals surface area contributed by atoms with Crippen LogP contribution in [0.4, 0.5) is 14.5 Å². The maximum Gasteiger partial charge on any atom is 0.232 e. The molecule has 110 valence electrons. The summed E-state index contributed by atoms with van der Waals surface area (Å²) in [4.78, 5) is 0. The van der Waals surface area contributed by atoms with Crippen molar-refractivity contribution in [3.05, 3.63) is 29.3 Å². The average molecular weight is 316 g/mol. The summed E-state index contributed by atoms with van der Waals surface area (Å²) in [5.74, 6) is 3.12. The van der Waals surface area contributed by atoms with E-state index in [9.17, 15) is 17.2 Å². The highest BCUT2D eigenvalue weighted by atomic mass is 35.5. The zero-order valence-corrected chi connectivity index (χ0v) is 11.9. The molecule has 1 aromatic carbocycles. The summed E-state index contributed by atoms with van der Waals surface area (Å²) < 4.78 is 52.2. The van der Waals surface area contributed by atoms with Crippen LogP contribution >= 0.6 is 12.4 Å². The quantitative estimate of drug-likeness (QED) is 0.549. The SMILES string of the molecule is CCCS(=O)(=O)Nc1ccc(F)c(CNN)c1F.Cl. The van der Waals surface area contributed by atoms with Crippen LogP contribution in [0, 0.1) is 11.6 Å². The number of sulfonamides is 1. The Labute approximate surface area is 117 Å². The normalized spacial score (nSPS) is 10.9. The lowest BCUT2D eigenvalue weighted by atomic mass is 10.2. The van der Waals surface area contributed by atoms with Gasteiger partial charge in [0.05, 0.1) is 11.4 Å². The molecule has 0 amide bonds. The van der Waals surface area contributed by atoms with Crippen molar-refractivity contribution in [2.75, 3.05) is 10.5 Å². The zero-order chi connectivity index (χ0) is 13.8. The summed E-state index contributed by atoms with van der Waals surface area (Å²) >= 11 is 0. The molecule has 0 aliphatic rings. The molecular weight excluding hydrogens is 300 g/mol. The molecule has 0 bridgehead atoms. The monoisotopic (exact) mass is 315 g/mol. The molecule has 0 saturated heterocycles. The van der Waals surface area contributed by atoms with Gasteiger partial charge < -0.3 is 0 Å². The molecule has 0 fully saturated rings. The molecule has 5 nitrogen and oxygen atoms in total. The van der Waals surface area contributed by atoms with Gasteiger partial charge in [-0.15, -0.1) is 12.4 Å². The summed E-state index contributed by atoms with van der Waals surface area (Å²) in [6, 6.07) is 2.03. The summed E-state index contributed by atoms with van der Waals surface area (Å²) in [5.41, 5.74) is 1.53. The minimum Gasteiger partial charge on any atom is -0.281 e. The number of halogens is 3. The molecule has 0 aliphatic carbocycles. The number of rotatable bonds is 6. The van der Waals surface area contributed by atoms with E-state index in [1.807, 2.05) is 0 Å². The highest BCUT2D eigenvalue weighted by Crippen LogP contribution is 2.22. The van der Waals surface area contributed by atoms with Crippen LogP contribution in [-0.2, 0) is 16.6 Å². The van der Waals surface area contributed by atoms with E-state index in [4.69, 9.17) is 5.84 Å². The molecule has 1 aromatic rings. The third kappa shape index (κ3) is 4.90. The lowest BCUT2D eigenvalue weighted by molar-refractivity contribution is 0.542. The van der Waals surface area contributed by atoms with E-state index >= 15 is 0 Å². The van der Waals surface area contributed by atoms with Crippen LogP contribution in [0.5, 0.6) is 0 Å². The van der Waals surface area contributed by atoms with Crippen LogP contribution in [0.1, 0.15) is 18.9 Å². The van der Waals surface area contributed by atoms with E-state index in [0.717, 1.165) is 12.1 Å². The van der Waals surface area contributed by atoms with Crippen molar-refractivity contribution in [1.29, 1.82) is 0 Å². The molecule has 0 aromatic heterocycles. The number of benzene rings is 1. The summed E-state index contributed by atoms with van der Waals surface area (Å²) in [7, 11) is -3.62. The Morgan fingerprint density at radius 2 is 1.95 bits per heavy atom. The molecule has 0 radical (unpaired) electrons. The maximum atomic E-state index is 13.8. The third-order valence-electron chi connectivity index (χ3n) is 2.20. The van der Waals surface area contributed by atoms with E-state index in [0.29, 0.717) is 6.42 Å². The van der Waals surface area contributed by atoms with E-state index in [2.05, 4.69) is 10.1 Å². The molecule has 0 saturated carbocycles.